The zero-order valence-corrected chi connectivity index (χ0v) is 10.4. The normalized spacial score (nSPS) is 19.2. The van der Waals surface area contributed by atoms with E-state index in [0.29, 0.717) is 5.92 Å². The minimum absolute atomic E-state index is 0.223. The van der Waals surface area contributed by atoms with E-state index in [2.05, 4.69) is 23.4 Å². The van der Waals surface area contributed by atoms with Crippen LogP contribution in [0, 0.1) is 12.8 Å². The highest BCUT2D eigenvalue weighted by atomic mass is 16.5. The fourth-order valence-corrected chi connectivity index (χ4v) is 2.48. The molecule has 1 saturated heterocycles. The van der Waals surface area contributed by atoms with Gasteiger partial charge in [0.2, 0.25) is 0 Å². The number of aromatic nitrogens is 1. The van der Waals surface area contributed by atoms with Gasteiger partial charge < -0.3 is 4.74 Å². The largest absolute Gasteiger partial charge is 0.381 e. The van der Waals surface area contributed by atoms with Gasteiger partial charge in [0, 0.05) is 31.6 Å². The topological polar surface area (TPSA) is 60.2 Å². The van der Waals surface area contributed by atoms with Crippen molar-refractivity contribution in [1.82, 2.24) is 10.4 Å². The smallest absolute Gasteiger partial charge is 0.0468 e. The summed E-state index contributed by atoms with van der Waals surface area (Å²) in [4.78, 5) is 4.12. The third kappa shape index (κ3) is 3.25. The van der Waals surface area contributed by atoms with Gasteiger partial charge in [-0.05, 0) is 49.3 Å². The molecule has 1 fully saturated rings. The number of hydrazine groups is 1. The van der Waals surface area contributed by atoms with E-state index in [1.807, 2.05) is 12.4 Å². The summed E-state index contributed by atoms with van der Waals surface area (Å²) in [7, 11) is 0. The summed E-state index contributed by atoms with van der Waals surface area (Å²) < 4.78 is 5.38. The molecule has 1 aliphatic heterocycles. The van der Waals surface area contributed by atoms with Crippen LogP contribution in [0.15, 0.2) is 18.5 Å². The highest BCUT2D eigenvalue weighted by Crippen LogP contribution is 2.28. The lowest BCUT2D eigenvalue weighted by molar-refractivity contribution is 0.0605. The van der Waals surface area contributed by atoms with E-state index < -0.39 is 0 Å². The number of nitrogens with zero attached hydrogens (tertiary/aromatic N) is 1. The van der Waals surface area contributed by atoms with Gasteiger partial charge in [-0.15, -0.1) is 0 Å². The SMILES string of the molecule is Cc1cnccc1C(CC1CCOCC1)NN. The Morgan fingerprint density at radius 1 is 1.53 bits per heavy atom. The van der Waals surface area contributed by atoms with E-state index in [1.54, 1.807) is 0 Å². The molecule has 1 aromatic rings. The van der Waals surface area contributed by atoms with Gasteiger partial charge in [-0.1, -0.05) is 0 Å². The van der Waals surface area contributed by atoms with Gasteiger partial charge in [-0.2, -0.15) is 0 Å². The molecule has 0 radical (unpaired) electrons. The number of rotatable bonds is 4. The number of hydrogen-bond donors (Lipinski definition) is 2. The highest BCUT2D eigenvalue weighted by Gasteiger charge is 2.20. The zero-order chi connectivity index (χ0) is 12.1. The van der Waals surface area contributed by atoms with Crippen LogP contribution in [0.3, 0.4) is 0 Å². The van der Waals surface area contributed by atoms with Crippen LogP contribution >= 0.6 is 0 Å². The molecule has 1 unspecified atom stereocenters. The second-order valence-electron chi connectivity index (χ2n) is 4.74. The quantitative estimate of drug-likeness (QED) is 0.616. The molecule has 0 spiro atoms. The summed E-state index contributed by atoms with van der Waals surface area (Å²) in [5.41, 5.74) is 5.39. The second kappa shape index (κ2) is 6.10. The van der Waals surface area contributed by atoms with Gasteiger partial charge in [-0.3, -0.25) is 16.3 Å². The Bertz CT molecular complexity index is 350. The third-order valence-electron chi connectivity index (χ3n) is 3.55. The van der Waals surface area contributed by atoms with Crippen molar-refractivity contribution in [3.8, 4) is 0 Å². The van der Waals surface area contributed by atoms with Crippen molar-refractivity contribution in [1.29, 1.82) is 0 Å². The maximum atomic E-state index is 5.69. The molecule has 0 saturated carbocycles. The van der Waals surface area contributed by atoms with Gasteiger partial charge in [-0.25, -0.2) is 0 Å². The Morgan fingerprint density at radius 3 is 2.94 bits per heavy atom. The number of ether oxygens (including phenoxy) is 1. The number of nitrogens with one attached hydrogen (secondary N) is 1. The molecular formula is C13H21N3O. The van der Waals surface area contributed by atoms with Crippen LogP contribution < -0.4 is 11.3 Å². The molecule has 1 aliphatic rings. The fourth-order valence-electron chi connectivity index (χ4n) is 2.48. The molecule has 2 heterocycles. The molecule has 17 heavy (non-hydrogen) atoms. The summed E-state index contributed by atoms with van der Waals surface area (Å²) in [5.74, 6) is 6.40. The summed E-state index contributed by atoms with van der Waals surface area (Å²) in [6.45, 7) is 3.85. The van der Waals surface area contributed by atoms with Crippen LogP contribution in [0.4, 0.5) is 0 Å². The molecule has 0 amide bonds. The molecule has 0 aromatic carbocycles. The Hall–Kier alpha value is -0.970. The molecule has 0 bridgehead atoms. The average Bonchev–Trinajstić information content (AvgIpc) is 2.38. The van der Waals surface area contributed by atoms with Crippen molar-refractivity contribution in [2.45, 2.75) is 32.2 Å². The summed E-state index contributed by atoms with van der Waals surface area (Å²) in [6.07, 6.45) is 7.08. The molecule has 94 valence electrons. The maximum Gasteiger partial charge on any atom is 0.0468 e. The number of hydrogen-bond acceptors (Lipinski definition) is 4. The fraction of sp³-hybridized carbons (Fsp3) is 0.615. The Kier molecular flexibility index (Phi) is 4.48. The monoisotopic (exact) mass is 235 g/mol. The summed E-state index contributed by atoms with van der Waals surface area (Å²) in [5, 5.41) is 0. The minimum atomic E-state index is 0.223. The zero-order valence-electron chi connectivity index (χ0n) is 10.4. The number of nitrogens with two attached hydrogens (primary N) is 1. The Balaban J connectivity index is 2.03. The summed E-state index contributed by atoms with van der Waals surface area (Å²) >= 11 is 0. The van der Waals surface area contributed by atoms with Gasteiger partial charge in [0.25, 0.3) is 0 Å². The van der Waals surface area contributed by atoms with Crippen LogP contribution in [0.25, 0.3) is 0 Å². The molecule has 3 N–H and O–H groups in total. The lowest BCUT2D eigenvalue weighted by Crippen LogP contribution is -2.31. The molecule has 2 rings (SSSR count). The lowest BCUT2D eigenvalue weighted by atomic mass is 9.89. The van der Waals surface area contributed by atoms with Gasteiger partial charge in [0.15, 0.2) is 0 Å². The van der Waals surface area contributed by atoms with Crippen molar-refractivity contribution >= 4 is 0 Å². The van der Waals surface area contributed by atoms with Crippen molar-refractivity contribution in [2.75, 3.05) is 13.2 Å². The average molecular weight is 235 g/mol. The maximum absolute atomic E-state index is 5.69. The van der Waals surface area contributed by atoms with Crippen molar-refractivity contribution in [2.24, 2.45) is 11.8 Å². The van der Waals surface area contributed by atoms with Crippen LogP contribution in [0.5, 0.6) is 0 Å². The van der Waals surface area contributed by atoms with E-state index in [9.17, 15) is 0 Å². The van der Waals surface area contributed by atoms with Gasteiger partial charge in [0.1, 0.15) is 0 Å². The molecule has 1 atom stereocenters. The third-order valence-corrected chi connectivity index (χ3v) is 3.55. The first-order valence-corrected chi connectivity index (χ1v) is 6.25. The van der Waals surface area contributed by atoms with E-state index in [1.165, 1.54) is 11.1 Å². The molecule has 4 heteroatoms. The van der Waals surface area contributed by atoms with E-state index in [0.717, 1.165) is 32.5 Å². The first kappa shape index (κ1) is 12.5. The Morgan fingerprint density at radius 2 is 2.29 bits per heavy atom. The summed E-state index contributed by atoms with van der Waals surface area (Å²) in [6, 6.07) is 2.28. The Labute approximate surface area is 103 Å². The first-order valence-electron chi connectivity index (χ1n) is 6.25. The van der Waals surface area contributed by atoms with Crippen molar-refractivity contribution < 1.29 is 4.74 Å². The minimum Gasteiger partial charge on any atom is -0.381 e. The second-order valence-corrected chi connectivity index (χ2v) is 4.74. The predicted molar refractivity (Wildman–Crippen MR) is 67.2 cm³/mol. The molecule has 4 nitrogen and oxygen atoms in total. The van der Waals surface area contributed by atoms with E-state index in [-0.39, 0.29) is 6.04 Å². The van der Waals surface area contributed by atoms with Gasteiger partial charge >= 0.3 is 0 Å². The van der Waals surface area contributed by atoms with Crippen molar-refractivity contribution in [3.05, 3.63) is 29.6 Å². The van der Waals surface area contributed by atoms with E-state index >= 15 is 0 Å². The highest BCUT2D eigenvalue weighted by molar-refractivity contribution is 5.25. The predicted octanol–water partition coefficient (Wildman–Crippen LogP) is 1.71. The van der Waals surface area contributed by atoms with E-state index in [4.69, 9.17) is 10.6 Å². The number of aryl methyl sites for hydroxylation is 1. The van der Waals surface area contributed by atoms with Gasteiger partial charge in [0.05, 0.1) is 0 Å². The standard InChI is InChI=1S/C13H21N3O/c1-10-9-15-5-2-12(10)13(16-14)8-11-3-6-17-7-4-11/h2,5,9,11,13,16H,3-4,6-8,14H2,1H3. The lowest BCUT2D eigenvalue weighted by Gasteiger charge is -2.27. The van der Waals surface area contributed by atoms with Crippen LogP contribution in [0.1, 0.15) is 36.4 Å². The van der Waals surface area contributed by atoms with Crippen LogP contribution in [0.2, 0.25) is 0 Å². The molecule has 0 aliphatic carbocycles. The first-order chi connectivity index (χ1) is 8.31. The van der Waals surface area contributed by atoms with Crippen LogP contribution in [-0.2, 0) is 4.74 Å². The molecular weight excluding hydrogens is 214 g/mol. The molecule has 1 aromatic heterocycles. The van der Waals surface area contributed by atoms with Crippen LogP contribution in [-0.4, -0.2) is 18.2 Å². The van der Waals surface area contributed by atoms with Crippen molar-refractivity contribution in [3.63, 3.8) is 0 Å². The number of pyridine rings is 1.